The van der Waals surface area contributed by atoms with Gasteiger partial charge < -0.3 is 11.1 Å². The van der Waals surface area contributed by atoms with Gasteiger partial charge in [0.05, 0.1) is 0 Å². The first-order chi connectivity index (χ1) is 8.95. The van der Waals surface area contributed by atoms with Crippen LogP contribution in [0.5, 0.6) is 0 Å². The second-order valence-corrected chi connectivity index (χ2v) is 5.51. The van der Waals surface area contributed by atoms with Crippen molar-refractivity contribution in [3.8, 4) is 0 Å². The average molecular weight is 295 g/mol. The van der Waals surface area contributed by atoms with Crippen LogP contribution in [0, 0.1) is 6.92 Å². The van der Waals surface area contributed by atoms with E-state index >= 15 is 0 Å². The summed E-state index contributed by atoms with van der Waals surface area (Å²) < 4.78 is 0. The van der Waals surface area contributed by atoms with Crippen molar-refractivity contribution in [3.05, 3.63) is 57.6 Å². The fraction of sp³-hybridized carbons (Fsp3) is 0.200. The lowest BCUT2D eigenvalue weighted by atomic mass is 10.1. The SMILES string of the molecule is Cc1cc(N)cc(NC(C)c2ccc(Cl)cc2Cl)c1. The molecule has 0 radical (unpaired) electrons. The second kappa shape index (κ2) is 5.72. The van der Waals surface area contributed by atoms with Crippen molar-refractivity contribution in [2.75, 3.05) is 11.1 Å². The van der Waals surface area contributed by atoms with Crippen molar-refractivity contribution in [2.45, 2.75) is 19.9 Å². The Morgan fingerprint density at radius 3 is 2.47 bits per heavy atom. The van der Waals surface area contributed by atoms with Gasteiger partial charge in [-0.05, 0) is 55.3 Å². The van der Waals surface area contributed by atoms with Crippen LogP contribution < -0.4 is 11.1 Å². The van der Waals surface area contributed by atoms with E-state index in [0.29, 0.717) is 10.0 Å². The molecule has 4 heteroatoms. The maximum absolute atomic E-state index is 6.20. The highest BCUT2D eigenvalue weighted by molar-refractivity contribution is 6.35. The number of aryl methyl sites for hydroxylation is 1. The fourth-order valence-corrected chi connectivity index (χ4v) is 2.65. The third-order valence-corrected chi connectivity index (χ3v) is 3.47. The Bertz CT molecular complexity index is 576. The summed E-state index contributed by atoms with van der Waals surface area (Å²) in [7, 11) is 0. The van der Waals surface area contributed by atoms with Gasteiger partial charge in [-0.25, -0.2) is 0 Å². The molecule has 0 aromatic heterocycles. The van der Waals surface area contributed by atoms with E-state index in [4.69, 9.17) is 28.9 Å². The number of nitrogens with one attached hydrogen (secondary N) is 1. The highest BCUT2D eigenvalue weighted by Gasteiger charge is 2.10. The van der Waals surface area contributed by atoms with Gasteiger partial charge in [0.1, 0.15) is 0 Å². The van der Waals surface area contributed by atoms with Crippen LogP contribution in [-0.2, 0) is 0 Å². The van der Waals surface area contributed by atoms with Gasteiger partial charge in [-0.2, -0.15) is 0 Å². The molecule has 3 N–H and O–H groups in total. The number of nitrogens with two attached hydrogens (primary N) is 1. The van der Waals surface area contributed by atoms with Crippen LogP contribution in [0.15, 0.2) is 36.4 Å². The summed E-state index contributed by atoms with van der Waals surface area (Å²) in [6.45, 7) is 4.06. The van der Waals surface area contributed by atoms with Gasteiger partial charge in [0.2, 0.25) is 0 Å². The number of halogens is 2. The van der Waals surface area contributed by atoms with Crippen molar-refractivity contribution in [1.82, 2.24) is 0 Å². The summed E-state index contributed by atoms with van der Waals surface area (Å²) in [6, 6.07) is 11.5. The summed E-state index contributed by atoms with van der Waals surface area (Å²) in [5.41, 5.74) is 9.70. The van der Waals surface area contributed by atoms with Gasteiger partial charge in [0.25, 0.3) is 0 Å². The topological polar surface area (TPSA) is 38.0 Å². The number of hydrogen-bond acceptors (Lipinski definition) is 2. The van der Waals surface area contributed by atoms with Crippen molar-refractivity contribution < 1.29 is 0 Å². The average Bonchev–Trinajstić information content (AvgIpc) is 2.26. The molecule has 0 aliphatic heterocycles. The van der Waals surface area contributed by atoms with Crippen LogP contribution in [0.25, 0.3) is 0 Å². The van der Waals surface area contributed by atoms with Gasteiger partial charge in [0.15, 0.2) is 0 Å². The first-order valence-electron chi connectivity index (χ1n) is 6.04. The number of benzene rings is 2. The van der Waals surface area contributed by atoms with Crippen molar-refractivity contribution in [1.29, 1.82) is 0 Å². The van der Waals surface area contributed by atoms with Gasteiger partial charge in [-0.15, -0.1) is 0 Å². The molecule has 0 saturated carbocycles. The van der Waals surface area contributed by atoms with Gasteiger partial charge >= 0.3 is 0 Å². The van der Waals surface area contributed by atoms with Crippen LogP contribution in [-0.4, -0.2) is 0 Å². The fourth-order valence-electron chi connectivity index (χ4n) is 2.08. The Morgan fingerprint density at radius 1 is 1.11 bits per heavy atom. The van der Waals surface area contributed by atoms with Crippen molar-refractivity contribution in [2.24, 2.45) is 0 Å². The van der Waals surface area contributed by atoms with E-state index in [1.54, 1.807) is 6.07 Å². The number of hydrogen-bond donors (Lipinski definition) is 2. The van der Waals surface area contributed by atoms with Crippen LogP contribution in [0.1, 0.15) is 24.1 Å². The number of rotatable bonds is 3. The molecule has 100 valence electrons. The summed E-state index contributed by atoms with van der Waals surface area (Å²) in [5.74, 6) is 0. The molecule has 0 amide bonds. The minimum Gasteiger partial charge on any atom is -0.399 e. The third-order valence-electron chi connectivity index (χ3n) is 2.91. The van der Waals surface area contributed by atoms with Gasteiger partial charge in [-0.1, -0.05) is 29.3 Å². The van der Waals surface area contributed by atoms with E-state index in [1.165, 1.54) is 0 Å². The Morgan fingerprint density at radius 2 is 1.84 bits per heavy atom. The lowest BCUT2D eigenvalue weighted by molar-refractivity contribution is 0.885. The van der Waals surface area contributed by atoms with E-state index in [0.717, 1.165) is 22.5 Å². The second-order valence-electron chi connectivity index (χ2n) is 4.66. The zero-order valence-electron chi connectivity index (χ0n) is 10.9. The molecule has 2 nitrogen and oxygen atoms in total. The molecule has 0 fully saturated rings. The maximum Gasteiger partial charge on any atom is 0.0500 e. The Kier molecular flexibility index (Phi) is 4.23. The highest BCUT2D eigenvalue weighted by Crippen LogP contribution is 2.29. The molecular weight excluding hydrogens is 279 g/mol. The summed E-state index contributed by atoms with van der Waals surface area (Å²) >= 11 is 12.1. The lowest BCUT2D eigenvalue weighted by Crippen LogP contribution is -2.07. The molecule has 2 aromatic rings. The van der Waals surface area contributed by atoms with Crippen LogP contribution in [0.2, 0.25) is 10.0 Å². The first kappa shape index (κ1) is 14.0. The largest absolute Gasteiger partial charge is 0.399 e. The number of nitrogen functional groups attached to an aromatic ring is 1. The normalized spacial score (nSPS) is 12.2. The van der Waals surface area contributed by atoms with Crippen molar-refractivity contribution >= 4 is 34.6 Å². The van der Waals surface area contributed by atoms with Crippen LogP contribution in [0.4, 0.5) is 11.4 Å². The first-order valence-corrected chi connectivity index (χ1v) is 6.80. The Balaban J connectivity index is 2.22. The molecule has 0 saturated heterocycles. The molecule has 0 bridgehead atoms. The van der Waals surface area contributed by atoms with Crippen LogP contribution in [0.3, 0.4) is 0 Å². The van der Waals surface area contributed by atoms with E-state index in [9.17, 15) is 0 Å². The highest BCUT2D eigenvalue weighted by atomic mass is 35.5. The van der Waals surface area contributed by atoms with E-state index < -0.39 is 0 Å². The van der Waals surface area contributed by atoms with E-state index in [-0.39, 0.29) is 6.04 Å². The molecule has 1 unspecified atom stereocenters. The molecular formula is C15H16Cl2N2. The predicted molar refractivity (Wildman–Crippen MR) is 84.1 cm³/mol. The van der Waals surface area contributed by atoms with E-state index in [1.807, 2.05) is 38.1 Å². The molecule has 19 heavy (non-hydrogen) atoms. The molecule has 2 aromatic carbocycles. The van der Waals surface area contributed by atoms with Crippen molar-refractivity contribution in [3.63, 3.8) is 0 Å². The Labute approximate surface area is 123 Å². The standard InChI is InChI=1S/C15H16Cl2N2/c1-9-5-12(18)8-13(6-9)19-10(2)14-4-3-11(16)7-15(14)17/h3-8,10,19H,18H2,1-2H3. The minimum atomic E-state index is 0.0750. The molecule has 2 rings (SSSR count). The molecule has 0 spiro atoms. The summed E-state index contributed by atoms with van der Waals surface area (Å²) in [5, 5.41) is 4.69. The molecule has 0 aliphatic rings. The maximum atomic E-state index is 6.20. The van der Waals surface area contributed by atoms with Crippen LogP contribution >= 0.6 is 23.2 Å². The number of anilines is 2. The quantitative estimate of drug-likeness (QED) is 0.777. The predicted octanol–water partition coefficient (Wildman–Crippen LogP) is 5.06. The lowest BCUT2D eigenvalue weighted by Gasteiger charge is -2.18. The smallest absolute Gasteiger partial charge is 0.0500 e. The Hall–Kier alpha value is -1.38. The monoisotopic (exact) mass is 294 g/mol. The summed E-state index contributed by atoms with van der Waals surface area (Å²) in [4.78, 5) is 0. The zero-order valence-corrected chi connectivity index (χ0v) is 12.4. The van der Waals surface area contributed by atoms with E-state index in [2.05, 4.69) is 11.4 Å². The summed E-state index contributed by atoms with van der Waals surface area (Å²) in [6.07, 6.45) is 0. The third kappa shape index (κ3) is 3.55. The molecule has 0 heterocycles. The minimum absolute atomic E-state index is 0.0750. The van der Waals surface area contributed by atoms with Gasteiger partial charge in [-0.3, -0.25) is 0 Å². The zero-order chi connectivity index (χ0) is 14.0. The van der Waals surface area contributed by atoms with Gasteiger partial charge in [0, 0.05) is 27.5 Å². The molecule has 1 atom stereocenters. The molecule has 0 aliphatic carbocycles.